The standard InChI is InChI=1S/C12H21F3N2OS/c1-4-5-9-11(18)17(10(16-9)8(2)3)6-7-19-12(13,14)15/h8-10,16H,4-7H2,1-3H3. The number of hydrogen-bond donors (Lipinski definition) is 1. The first-order valence-corrected chi connectivity index (χ1v) is 7.52. The van der Waals surface area contributed by atoms with Crippen molar-refractivity contribution < 1.29 is 18.0 Å². The van der Waals surface area contributed by atoms with Crippen LogP contribution in [0.15, 0.2) is 0 Å². The molecule has 3 nitrogen and oxygen atoms in total. The van der Waals surface area contributed by atoms with Crippen LogP contribution in [-0.4, -0.2) is 40.8 Å². The second-order valence-electron chi connectivity index (χ2n) is 5.02. The third-order valence-corrected chi connectivity index (χ3v) is 3.81. The zero-order chi connectivity index (χ0) is 14.6. The molecular formula is C12H21F3N2OS. The largest absolute Gasteiger partial charge is 0.441 e. The average molecular weight is 298 g/mol. The minimum Gasteiger partial charge on any atom is -0.325 e. The maximum absolute atomic E-state index is 12.1. The Bertz CT molecular complexity index is 310. The Morgan fingerprint density at radius 2 is 2.05 bits per heavy atom. The van der Waals surface area contributed by atoms with Gasteiger partial charge in [0.15, 0.2) is 0 Å². The van der Waals surface area contributed by atoms with Crippen LogP contribution in [0.25, 0.3) is 0 Å². The first-order chi connectivity index (χ1) is 8.76. The van der Waals surface area contributed by atoms with Crippen molar-refractivity contribution in [2.75, 3.05) is 12.3 Å². The number of amides is 1. The van der Waals surface area contributed by atoms with Gasteiger partial charge in [-0.2, -0.15) is 13.2 Å². The summed E-state index contributed by atoms with van der Waals surface area (Å²) in [5.74, 6) is 0.00364. The summed E-state index contributed by atoms with van der Waals surface area (Å²) in [7, 11) is 0. The number of carbonyl (C=O) groups excluding carboxylic acids is 1. The SMILES string of the molecule is CCCC1NC(C(C)C)N(CCSC(F)(F)F)C1=O. The molecule has 1 N–H and O–H groups in total. The molecule has 2 unspecified atom stereocenters. The number of alkyl halides is 3. The molecule has 0 spiro atoms. The number of nitrogens with one attached hydrogen (secondary N) is 1. The fraction of sp³-hybridized carbons (Fsp3) is 0.917. The van der Waals surface area contributed by atoms with Gasteiger partial charge in [0, 0.05) is 12.3 Å². The Kier molecular flexibility index (Phi) is 5.98. The molecule has 1 amide bonds. The van der Waals surface area contributed by atoms with Gasteiger partial charge in [0.2, 0.25) is 5.91 Å². The van der Waals surface area contributed by atoms with E-state index in [2.05, 4.69) is 5.32 Å². The van der Waals surface area contributed by atoms with Crippen molar-refractivity contribution >= 4 is 17.7 Å². The Hall–Kier alpha value is -0.430. The zero-order valence-corrected chi connectivity index (χ0v) is 12.3. The minimum atomic E-state index is -4.23. The molecule has 0 bridgehead atoms. The van der Waals surface area contributed by atoms with Gasteiger partial charge >= 0.3 is 5.51 Å². The minimum absolute atomic E-state index is 0.0664. The van der Waals surface area contributed by atoms with Crippen LogP contribution >= 0.6 is 11.8 Å². The van der Waals surface area contributed by atoms with Gasteiger partial charge in [-0.3, -0.25) is 10.1 Å². The molecule has 19 heavy (non-hydrogen) atoms. The van der Waals surface area contributed by atoms with Crippen LogP contribution in [0.1, 0.15) is 33.6 Å². The predicted octanol–water partition coefficient (Wildman–Crippen LogP) is 2.82. The van der Waals surface area contributed by atoms with Gasteiger partial charge in [0.05, 0.1) is 12.2 Å². The Morgan fingerprint density at radius 3 is 2.53 bits per heavy atom. The molecule has 112 valence electrons. The normalized spacial score (nSPS) is 24.6. The molecule has 0 radical (unpaired) electrons. The molecule has 1 heterocycles. The van der Waals surface area contributed by atoms with Gasteiger partial charge < -0.3 is 4.90 Å². The van der Waals surface area contributed by atoms with Crippen LogP contribution in [0.3, 0.4) is 0 Å². The number of hydrogen-bond acceptors (Lipinski definition) is 3. The number of halogens is 3. The van der Waals surface area contributed by atoms with E-state index in [-0.39, 0.29) is 48.1 Å². The first kappa shape index (κ1) is 16.6. The van der Waals surface area contributed by atoms with Crippen molar-refractivity contribution in [1.82, 2.24) is 10.2 Å². The highest BCUT2D eigenvalue weighted by atomic mass is 32.2. The van der Waals surface area contributed by atoms with Gasteiger partial charge in [-0.15, -0.1) is 0 Å². The molecule has 1 fully saturated rings. The summed E-state index contributed by atoms with van der Waals surface area (Å²) in [6.07, 6.45) is 1.45. The van der Waals surface area contributed by atoms with Crippen molar-refractivity contribution in [3.05, 3.63) is 0 Å². The van der Waals surface area contributed by atoms with Crippen molar-refractivity contribution in [1.29, 1.82) is 0 Å². The van der Waals surface area contributed by atoms with E-state index in [0.717, 1.165) is 12.8 Å². The molecule has 7 heteroatoms. The second kappa shape index (κ2) is 6.83. The van der Waals surface area contributed by atoms with E-state index in [4.69, 9.17) is 0 Å². The zero-order valence-electron chi connectivity index (χ0n) is 11.5. The topological polar surface area (TPSA) is 32.3 Å². The Morgan fingerprint density at radius 1 is 1.42 bits per heavy atom. The summed E-state index contributed by atoms with van der Waals surface area (Å²) in [5, 5.41) is 3.22. The highest BCUT2D eigenvalue weighted by Gasteiger charge is 2.39. The van der Waals surface area contributed by atoms with Gasteiger partial charge in [0.25, 0.3) is 0 Å². The molecule has 2 atom stereocenters. The number of rotatable bonds is 6. The molecule has 1 aliphatic rings. The summed E-state index contributed by atoms with van der Waals surface area (Å²) >= 11 is -0.0709. The van der Waals surface area contributed by atoms with E-state index in [1.807, 2.05) is 20.8 Å². The maximum Gasteiger partial charge on any atom is 0.441 e. The second-order valence-corrected chi connectivity index (χ2v) is 6.18. The van der Waals surface area contributed by atoms with Gasteiger partial charge in [0.1, 0.15) is 0 Å². The Balaban J connectivity index is 2.59. The number of nitrogens with zero attached hydrogens (tertiary/aromatic N) is 1. The van der Waals surface area contributed by atoms with E-state index in [0.29, 0.717) is 0 Å². The third-order valence-electron chi connectivity index (χ3n) is 3.10. The van der Waals surface area contributed by atoms with Crippen LogP contribution in [0.2, 0.25) is 0 Å². The first-order valence-electron chi connectivity index (χ1n) is 6.53. The lowest BCUT2D eigenvalue weighted by Gasteiger charge is -2.27. The lowest BCUT2D eigenvalue weighted by molar-refractivity contribution is -0.130. The summed E-state index contributed by atoms with van der Waals surface area (Å²) in [6, 6.07) is -0.242. The van der Waals surface area contributed by atoms with Crippen molar-refractivity contribution in [3.8, 4) is 0 Å². The van der Waals surface area contributed by atoms with Crippen molar-refractivity contribution in [2.45, 2.75) is 51.3 Å². The Labute approximate surface area is 116 Å². The van der Waals surface area contributed by atoms with Crippen LogP contribution in [0, 0.1) is 5.92 Å². The highest BCUT2D eigenvalue weighted by Crippen LogP contribution is 2.30. The molecular weight excluding hydrogens is 277 g/mol. The number of carbonyl (C=O) groups is 1. The summed E-state index contributed by atoms with van der Waals surface area (Å²) < 4.78 is 36.4. The molecule has 0 aromatic carbocycles. The smallest absolute Gasteiger partial charge is 0.325 e. The van der Waals surface area contributed by atoms with Crippen LogP contribution < -0.4 is 5.32 Å². The van der Waals surface area contributed by atoms with E-state index >= 15 is 0 Å². The summed E-state index contributed by atoms with van der Waals surface area (Å²) in [5.41, 5.74) is -4.23. The molecule has 1 saturated heterocycles. The predicted molar refractivity (Wildman–Crippen MR) is 70.7 cm³/mol. The van der Waals surface area contributed by atoms with Crippen molar-refractivity contribution in [2.24, 2.45) is 5.92 Å². The average Bonchev–Trinajstić information content (AvgIpc) is 2.57. The van der Waals surface area contributed by atoms with Crippen LogP contribution in [0.5, 0.6) is 0 Å². The van der Waals surface area contributed by atoms with E-state index in [1.54, 1.807) is 4.90 Å². The number of thioether (sulfide) groups is 1. The van der Waals surface area contributed by atoms with E-state index in [9.17, 15) is 18.0 Å². The monoisotopic (exact) mass is 298 g/mol. The molecule has 0 aromatic heterocycles. The van der Waals surface area contributed by atoms with Gasteiger partial charge in [-0.25, -0.2) is 0 Å². The quantitative estimate of drug-likeness (QED) is 0.818. The fourth-order valence-electron chi connectivity index (χ4n) is 2.26. The van der Waals surface area contributed by atoms with Crippen molar-refractivity contribution in [3.63, 3.8) is 0 Å². The van der Waals surface area contributed by atoms with Gasteiger partial charge in [-0.05, 0) is 24.1 Å². The molecule has 0 aliphatic carbocycles. The molecule has 0 saturated carbocycles. The summed E-state index contributed by atoms with van der Waals surface area (Å²) in [6.45, 7) is 6.05. The third kappa shape index (κ3) is 4.87. The lowest BCUT2D eigenvalue weighted by Crippen LogP contribution is -2.42. The molecule has 1 rings (SSSR count). The van der Waals surface area contributed by atoms with E-state index in [1.165, 1.54) is 0 Å². The fourth-order valence-corrected chi connectivity index (χ4v) is 2.78. The molecule has 1 aliphatic heterocycles. The molecule has 0 aromatic rings. The van der Waals surface area contributed by atoms with Gasteiger partial charge in [-0.1, -0.05) is 27.2 Å². The van der Waals surface area contributed by atoms with E-state index < -0.39 is 5.51 Å². The van der Waals surface area contributed by atoms with Crippen LogP contribution in [0.4, 0.5) is 13.2 Å². The lowest BCUT2D eigenvalue weighted by atomic mass is 10.1. The highest BCUT2D eigenvalue weighted by molar-refractivity contribution is 8.00. The van der Waals surface area contributed by atoms with Crippen LogP contribution in [-0.2, 0) is 4.79 Å². The maximum atomic E-state index is 12.1. The summed E-state index contributed by atoms with van der Waals surface area (Å²) in [4.78, 5) is 13.7.